The lowest BCUT2D eigenvalue weighted by molar-refractivity contribution is -0.152. The molecular weight excluding hydrogens is 728 g/mol. The molecule has 18 heteroatoms. The second-order valence-corrected chi connectivity index (χ2v) is 16.6. The molecule has 16 nitrogen and oxygen atoms in total. The number of terminal acetylenes is 1. The third-order valence-corrected chi connectivity index (χ3v) is 12.0. The van der Waals surface area contributed by atoms with Gasteiger partial charge in [0.15, 0.2) is 0 Å². The van der Waals surface area contributed by atoms with Crippen LogP contribution in [0.2, 0.25) is 0 Å². The fourth-order valence-electron chi connectivity index (χ4n) is 8.18. The fourth-order valence-corrected chi connectivity index (χ4v) is 9.15. The van der Waals surface area contributed by atoms with Crippen LogP contribution < -0.4 is 9.47 Å². The molecule has 2 aromatic rings. The van der Waals surface area contributed by atoms with Crippen LogP contribution in [0.3, 0.4) is 0 Å². The van der Waals surface area contributed by atoms with E-state index in [1.54, 1.807) is 0 Å². The summed E-state index contributed by atoms with van der Waals surface area (Å²) in [5, 5.41) is 88.9. The minimum Gasteiger partial charge on any atom is -0.494 e. The molecule has 282 valence electrons. The maximum Gasteiger partial charge on any atom is 0.264 e. The van der Waals surface area contributed by atoms with E-state index in [2.05, 4.69) is 17.8 Å². The number of aliphatic hydroxyl groups excluding tert-OH is 8. The third kappa shape index (κ3) is 6.68. The predicted octanol–water partition coefficient (Wildman–Crippen LogP) is -2.34. The largest absolute Gasteiger partial charge is 0.494 e. The SMILES string of the molecule is C#Cc1c2c(c(C#Cc3cc(OCCCS(=O)(=O)O)ccc3OCCCS(=O)(=O)O)c3c1C1C(O)C(O)C3C(O)C1O)C1C(O)C(O)C2C(O)C1O. The van der Waals surface area contributed by atoms with Crippen molar-refractivity contribution < 1.29 is 76.3 Å². The Bertz CT molecular complexity index is 1970. The number of hydrogen-bond acceptors (Lipinski definition) is 14. The van der Waals surface area contributed by atoms with E-state index < -0.39 is 104 Å². The lowest BCUT2D eigenvalue weighted by Gasteiger charge is -2.55. The quantitative estimate of drug-likeness (QED) is 0.0689. The van der Waals surface area contributed by atoms with Crippen LogP contribution in [0.4, 0.5) is 0 Å². The second kappa shape index (κ2) is 14.1. The smallest absolute Gasteiger partial charge is 0.264 e. The van der Waals surface area contributed by atoms with Crippen LogP contribution in [-0.4, -0.2) is 140 Å². The topological polar surface area (TPSA) is 289 Å². The predicted molar refractivity (Wildman–Crippen MR) is 179 cm³/mol. The molecule has 8 rings (SSSR count). The number of aliphatic hydroxyl groups is 8. The molecule has 4 bridgehead atoms. The van der Waals surface area contributed by atoms with Crippen LogP contribution in [0, 0.1) is 24.2 Å². The van der Waals surface area contributed by atoms with Gasteiger partial charge < -0.3 is 50.3 Å². The minimum atomic E-state index is -4.29. The summed E-state index contributed by atoms with van der Waals surface area (Å²) in [7, 11) is -8.53. The zero-order valence-electron chi connectivity index (χ0n) is 27.2. The van der Waals surface area contributed by atoms with E-state index in [-0.39, 0.29) is 76.5 Å². The monoisotopic (exact) mass is 766 g/mol. The van der Waals surface area contributed by atoms with Gasteiger partial charge in [-0.25, -0.2) is 0 Å². The van der Waals surface area contributed by atoms with Gasteiger partial charge in [-0.3, -0.25) is 9.11 Å². The van der Waals surface area contributed by atoms with Crippen molar-refractivity contribution in [3.8, 4) is 35.7 Å². The summed E-state index contributed by atoms with van der Waals surface area (Å²) in [5.74, 6) is 2.09. The van der Waals surface area contributed by atoms with Crippen molar-refractivity contribution in [1.82, 2.24) is 0 Å². The van der Waals surface area contributed by atoms with E-state index >= 15 is 0 Å². The van der Waals surface area contributed by atoms with Crippen molar-refractivity contribution in [2.75, 3.05) is 24.7 Å². The number of ether oxygens (including phenoxy) is 2. The summed E-state index contributed by atoms with van der Waals surface area (Å²) < 4.78 is 74.2. The van der Waals surface area contributed by atoms with E-state index in [1.807, 2.05) is 0 Å². The van der Waals surface area contributed by atoms with E-state index in [4.69, 9.17) is 25.0 Å². The van der Waals surface area contributed by atoms with Crippen molar-refractivity contribution in [3.63, 3.8) is 0 Å². The normalized spacial score (nSPS) is 33.0. The summed E-state index contributed by atoms with van der Waals surface area (Å²) in [6.45, 7) is -0.330. The first-order valence-corrected chi connectivity index (χ1v) is 19.6. The molecule has 2 fully saturated rings. The fraction of sp³-hybridized carbons (Fsp3) is 0.529. The van der Waals surface area contributed by atoms with Gasteiger partial charge in [-0.15, -0.1) is 6.42 Å². The molecule has 10 N–H and O–H groups in total. The van der Waals surface area contributed by atoms with E-state index in [9.17, 15) is 57.7 Å². The van der Waals surface area contributed by atoms with Gasteiger partial charge in [-0.05, 0) is 53.3 Å². The summed E-state index contributed by atoms with van der Waals surface area (Å²) >= 11 is 0. The molecule has 8 unspecified atom stereocenters. The summed E-state index contributed by atoms with van der Waals surface area (Å²) in [5.41, 5.74) is 0.705. The Morgan fingerprint density at radius 3 is 1.35 bits per heavy atom. The van der Waals surface area contributed by atoms with Gasteiger partial charge in [-0.2, -0.15) is 16.8 Å². The number of hydrogen-bond donors (Lipinski definition) is 10. The molecule has 0 spiro atoms. The Labute approximate surface area is 298 Å². The average Bonchev–Trinajstić information content (AvgIpc) is 3.06. The van der Waals surface area contributed by atoms with Crippen LogP contribution in [0.15, 0.2) is 18.2 Å². The first kappa shape index (κ1) is 38.4. The van der Waals surface area contributed by atoms with Crippen LogP contribution in [0.1, 0.15) is 75.5 Å². The molecule has 0 aliphatic heterocycles. The van der Waals surface area contributed by atoms with Gasteiger partial charge in [0, 0.05) is 34.8 Å². The highest BCUT2D eigenvalue weighted by Gasteiger charge is 2.62. The van der Waals surface area contributed by atoms with Crippen LogP contribution in [0.5, 0.6) is 11.5 Å². The average molecular weight is 767 g/mol. The molecular formula is C34H38O16S2. The molecule has 2 saturated carbocycles. The third-order valence-electron chi connectivity index (χ3n) is 10.4. The summed E-state index contributed by atoms with van der Waals surface area (Å²) in [6, 6.07) is 4.28. The first-order chi connectivity index (χ1) is 24.4. The number of benzene rings is 2. The maximum absolute atomic E-state index is 11.2. The molecule has 0 saturated heterocycles. The molecule has 52 heavy (non-hydrogen) atoms. The van der Waals surface area contributed by atoms with Crippen LogP contribution >= 0.6 is 0 Å². The lowest BCUT2D eigenvalue weighted by atomic mass is 9.53. The Kier molecular flexibility index (Phi) is 10.4. The van der Waals surface area contributed by atoms with Gasteiger partial charge in [0.05, 0.1) is 79.1 Å². The molecule has 0 radical (unpaired) electrons. The highest BCUT2D eigenvalue weighted by molar-refractivity contribution is 7.86. The molecule has 6 aliphatic rings. The van der Waals surface area contributed by atoms with Crippen LogP contribution in [0.25, 0.3) is 0 Å². The Morgan fingerprint density at radius 1 is 0.577 bits per heavy atom. The summed E-state index contributed by atoms with van der Waals surface area (Å²) in [6.07, 6.45) is -7.01. The van der Waals surface area contributed by atoms with Crippen molar-refractivity contribution in [1.29, 1.82) is 0 Å². The maximum atomic E-state index is 11.2. The van der Waals surface area contributed by atoms with Gasteiger partial charge in [0.1, 0.15) is 11.5 Å². The summed E-state index contributed by atoms with van der Waals surface area (Å²) in [4.78, 5) is 0. The van der Waals surface area contributed by atoms with Crippen LogP contribution in [-0.2, 0) is 20.2 Å². The molecule has 8 atom stereocenters. The van der Waals surface area contributed by atoms with Crippen molar-refractivity contribution in [2.24, 2.45) is 0 Å². The van der Waals surface area contributed by atoms with Crippen molar-refractivity contribution >= 4 is 20.2 Å². The van der Waals surface area contributed by atoms with E-state index in [0.29, 0.717) is 0 Å². The molecule has 0 heterocycles. The van der Waals surface area contributed by atoms with Gasteiger partial charge >= 0.3 is 0 Å². The Morgan fingerprint density at radius 2 is 0.962 bits per heavy atom. The molecule has 6 aliphatic carbocycles. The molecule has 0 amide bonds. The highest BCUT2D eigenvalue weighted by atomic mass is 32.2. The van der Waals surface area contributed by atoms with Crippen molar-refractivity contribution in [3.05, 3.63) is 57.1 Å². The number of rotatable bonds is 10. The van der Waals surface area contributed by atoms with Gasteiger partial charge in [0.25, 0.3) is 20.2 Å². The standard InChI is InChI=1S/C34H38O16S2/c1-2-16-19-21(25-31(39)27(35)23(19)28(36)32(25)40)17(22-20(16)24-29(37)33(41)26(22)34(42)30(24)38)7-5-14-13-15(49-9-3-11-51(43,44)45)6-8-18(14)50-10-4-12-52(46,47)48/h1,6,8,13,23-42H,3-4,9-12H2,(H,43,44,45)(H,46,47,48). The zero-order chi connectivity index (χ0) is 38.0. The number of fused-ring (bicyclic) bond motifs is 4. The van der Waals surface area contributed by atoms with Crippen molar-refractivity contribution in [2.45, 2.75) is 85.3 Å². The molecule has 0 aromatic heterocycles. The van der Waals surface area contributed by atoms with E-state index in [1.165, 1.54) is 18.2 Å². The van der Waals surface area contributed by atoms with Gasteiger partial charge in [-0.1, -0.05) is 17.8 Å². The Hall–Kier alpha value is -3.34. The zero-order valence-corrected chi connectivity index (χ0v) is 28.9. The lowest BCUT2D eigenvalue weighted by Crippen LogP contribution is -2.62. The van der Waals surface area contributed by atoms with E-state index in [0.717, 1.165) is 0 Å². The van der Waals surface area contributed by atoms with Gasteiger partial charge in [0.2, 0.25) is 0 Å². The highest BCUT2D eigenvalue weighted by Crippen LogP contribution is 2.59. The first-order valence-electron chi connectivity index (χ1n) is 16.3. The minimum absolute atomic E-state index is 0.0274. The Balaban J connectivity index is 1.54. The molecule has 2 aromatic carbocycles. The second-order valence-electron chi connectivity index (χ2n) is 13.5.